The largest absolute Gasteiger partial charge is 0.460 e. The van der Waals surface area contributed by atoms with Crippen LogP contribution < -0.4 is 5.73 Å². The lowest BCUT2D eigenvalue weighted by molar-refractivity contribution is -0.122. The molecule has 1 heterocycles. The second kappa shape index (κ2) is 6.58. The van der Waals surface area contributed by atoms with E-state index in [1.54, 1.807) is 0 Å². The van der Waals surface area contributed by atoms with Gasteiger partial charge in [0, 0.05) is 5.56 Å². The molecule has 0 radical (unpaired) electrons. The third-order valence-electron chi connectivity index (χ3n) is 3.24. The summed E-state index contributed by atoms with van der Waals surface area (Å²) in [5.74, 6) is 0.513. The van der Waals surface area contributed by atoms with E-state index in [0.29, 0.717) is 5.75 Å². The quantitative estimate of drug-likeness (QED) is 0.858. The summed E-state index contributed by atoms with van der Waals surface area (Å²) in [7, 11) is 0. The van der Waals surface area contributed by atoms with Gasteiger partial charge in [-0.2, -0.15) is 0 Å². The first-order valence-corrected chi connectivity index (χ1v) is 7.76. The number of nitrogens with two attached hydrogens (primary N) is 1. The van der Waals surface area contributed by atoms with Gasteiger partial charge in [0.15, 0.2) is 6.10 Å². The van der Waals surface area contributed by atoms with Crippen LogP contribution in [0.5, 0.6) is 0 Å². The molecule has 0 fully saturated rings. The molecule has 5 heteroatoms. The molecule has 2 aromatic carbocycles. The predicted octanol–water partition coefficient (Wildman–Crippen LogP) is 3.32. The first-order chi connectivity index (χ1) is 10.8. The first-order valence-electron chi connectivity index (χ1n) is 6.84. The van der Waals surface area contributed by atoms with Crippen LogP contribution >= 0.6 is 12.0 Å². The molecule has 0 amide bonds. The molecule has 112 valence electrons. The van der Waals surface area contributed by atoms with Gasteiger partial charge >= 0.3 is 0 Å². The zero-order valence-electron chi connectivity index (χ0n) is 11.8. The average Bonchev–Trinajstić information content (AvgIpc) is 2.85. The number of Topliss-reactive ketones (excluding diaryl/α,β-unsaturated/α-hetero) is 1. The molecule has 2 N–H and O–H groups in total. The Balaban J connectivity index is 1.62. The van der Waals surface area contributed by atoms with E-state index in [-0.39, 0.29) is 17.4 Å². The fourth-order valence-electron chi connectivity index (χ4n) is 2.13. The molecular weight excluding hydrogens is 298 g/mol. The molecule has 0 saturated carbocycles. The summed E-state index contributed by atoms with van der Waals surface area (Å²) < 4.78 is 10.9. The van der Waals surface area contributed by atoms with Gasteiger partial charge in [-0.05, 0) is 5.56 Å². The highest BCUT2D eigenvalue weighted by Crippen LogP contribution is 2.33. The van der Waals surface area contributed by atoms with Crippen LogP contribution in [0.3, 0.4) is 0 Å². The van der Waals surface area contributed by atoms with E-state index in [2.05, 4.69) is 0 Å². The van der Waals surface area contributed by atoms with Crippen molar-refractivity contribution in [2.75, 3.05) is 0 Å². The lowest BCUT2D eigenvalue weighted by Crippen LogP contribution is -2.10. The number of hydrogen-bond donors (Lipinski definition) is 1. The maximum atomic E-state index is 12.4. The standard InChI is InChI=1S/C17H15NO3S/c18-17-16(21-22-11-12-7-3-1-4-8-12)14(19)15(20-17)13-9-5-2-6-10-13/h1-10,15H,11,18H2. The maximum Gasteiger partial charge on any atom is 0.249 e. The van der Waals surface area contributed by atoms with Gasteiger partial charge in [-0.25, -0.2) is 0 Å². The van der Waals surface area contributed by atoms with Crippen molar-refractivity contribution in [1.29, 1.82) is 0 Å². The van der Waals surface area contributed by atoms with Crippen LogP contribution in [0.25, 0.3) is 0 Å². The lowest BCUT2D eigenvalue weighted by Gasteiger charge is -2.09. The number of hydrogen-bond acceptors (Lipinski definition) is 5. The van der Waals surface area contributed by atoms with Crippen LogP contribution in [0.15, 0.2) is 72.3 Å². The molecule has 0 aromatic heterocycles. The molecule has 2 aromatic rings. The molecule has 0 spiro atoms. The summed E-state index contributed by atoms with van der Waals surface area (Å²) >= 11 is 1.17. The van der Waals surface area contributed by atoms with Crippen molar-refractivity contribution in [2.24, 2.45) is 5.73 Å². The van der Waals surface area contributed by atoms with E-state index in [1.807, 2.05) is 60.7 Å². The van der Waals surface area contributed by atoms with E-state index in [0.717, 1.165) is 11.1 Å². The number of benzene rings is 2. The van der Waals surface area contributed by atoms with Gasteiger partial charge in [0.05, 0.1) is 17.8 Å². The van der Waals surface area contributed by atoms with Crippen molar-refractivity contribution in [1.82, 2.24) is 0 Å². The Kier molecular flexibility index (Phi) is 4.34. The van der Waals surface area contributed by atoms with Crippen molar-refractivity contribution in [3.05, 3.63) is 83.4 Å². The molecular formula is C17H15NO3S. The third-order valence-corrected chi connectivity index (χ3v) is 3.98. The normalized spacial score (nSPS) is 17.5. The second-order valence-corrected chi connectivity index (χ2v) is 5.49. The van der Waals surface area contributed by atoms with E-state index < -0.39 is 6.10 Å². The predicted molar refractivity (Wildman–Crippen MR) is 85.3 cm³/mol. The van der Waals surface area contributed by atoms with Crippen molar-refractivity contribution >= 4 is 17.8 Å². The molecule has 0 aliphatic carbocycles. The minimum absolute atomic E-state index is 0.0411. The number of ether oxygens (including phenoxy) is 1. The van der Waals surface area contributed by atoms with Crippen molar-refractivity contribution in [3.8, 4) is 0 Å². The Bertz CT molecular complexity index is 686. The number of ketones is 1. The minimum Gasteiger partial charge on any atom is -0.460 e. The fourth-order valence-corrected chi connectivity index (χ4v) is 2.80. The minimum atomic E-state index is -0.714. The van der Waals surface area contributed by atoms with Crippen molar-refractivity contribution in [3.63, 3.8) is 0 Å². The molecule has 3 rings (SSSR count). The van der Waals surface area contributed by atoms with E-state index in [4.69, 9.17) is 14.7 Å². The zero-order chi connectivity index (χ0) is 15.4. The van der Waals surface area contributed by atoms with E-state index in [1.165, 1.54) is 12.0 Å². The van der Waals surface area contributed by atoms with Crippen LogP contribution in [0.4, 0.5) is 0 Å². The maximum absolute atomic E-state index is 12.4. The van der Waals surface area contributed by atoms with Gasteiger partial charge in [-0.1, -0.05) is 60.7 Å². The van der Waals surface area contributed by atoms with Gasteiger partial charge in [0.1, 0.15) is 0 Å². The summed E-state index contributed by atoms with van der Waals surface area (Å²) in [6.45, 7) is 0. The van der Waals surface area contributed by atoms with Crippen LogP contribution in [0.2, 0.25) is 0 Å². The molecule has 1 unspecified atom stereocenters. The van der Waals surface area contributed by atoms with E-state index >= 15 is 0 Å². The van der Waals surface area contributed by atoms with Crippen LogP contribution in [0.1, 0.15) is 17.2 Å². The molecule has 4 nitrogen and oxygen atoms in total. The summed E-state index contributed by atoms with van der Waals surface area (Å²) in [6, 6.07) is 19.1. The number of carbonyl (C=O) groups excluding carboxylic acids is 1. The van der Waals surface area contributed by atoms with Crippen molar-refractivity contribution in [2.45, 2.75) is 11.9 Å². The summed E-state index contributed by atoms with van der Waals surface area (Å²) in [4.78, 5) is 12.4. The SMILES string of the molecule is NC1=C(OSCc2ccccc2)C(=O)C(c2ccccc2)O1. The van der Waals surface area contributed by atoms with Crippen LogP contribution in [-0.2, 0) is 19.5 Å². The Morgan fingerprint density at radius 1 is 1.05 bits per heavy atom. The van der Waals surface area contributed by atoms with Crippen molar-refractivity contribution < 1.29 is 13.7 Å². The third kappa shape index (κ3) is 3.09. The first kappa shape index (κ1) is 14.5. The summed E-state index contributed by atoms with van der Waals surface area (Å²) in [5, 5.41) is 0. The van der Waals surface area contributed by atoms with Crippen LogP contribution in [0, 0.1) is 0 Å². The van der Waals surface area contributed by atoms with Gasteiger partial charge in [-0.3, -0.25) is 4.79 Å². The highest BCUT2D eigenvalue weighted by molar-refractivity contribution is 7.94. The van der Waals surface area contributed by atoms with Gasteiger partial charge in [0.2, 0.25) is 17.4 Å². The highest BCUT2D eigenvalue weighted by atomic mass is 32.2. The Hall–Kier alpha value is -2.40. The smallest absolute Gasteiger partial charge is 0.249 e. The van der Waals surface area contributed by atoms with Gasteiger partial charge in [-0.15, -0.1) is 0 Å². The summed E-state index contributed by atoms with van der Waals surface area (Å²) in [5.41, 5.74) is 7.65. The lowest BCUT2D eigenvalue weighted by atomic mass is 10.1. The molecule has 22 heavy (non-hydrogen) atoms. The zero-order valence-corrected chi connectivity index (χ0v) is 12.6. The average molecular weight is 313 g/mol. The van der Waals surface area contributed by atoms with E-state index in [9.17, 15) is 4.79 Å². The molecule has 1 aliphatic rings. The number of rotatable bonds is 5. The fraction of sp³-hybridized carbons (Fsp3) is 0.118. The molecule has 1 aliphatic heterocycles. The highest BCUT2D eigenvalue weighted by Gasteiger charge is 2.37. The summed E-state index contributed by atoms with van der Waals surface area (Å²) in [6.07, 6.45) is -0.714. The topological polar surface area (TPSA) is 61.5 Å². The number of carbonyl (C=O) groups is 1. The van der Waals surface area contributed by atoms with Crippen LogP contribution in [-0.4, -0.2) is 5.78 Å². The molecule has 1 atom stereocenters. The Morgan fingerprint density at radius 2 is 1.68 bits per heavy atom. The Morgan fingerprint density at radius 3 is 2.36 bits per heavy atom. The van der Waals surface area contributed by atoms with Gasteiger partial charge in [0.25, 0.3) is 0 Å². The second-order valence-electron chi connectivity index (χ2n) is 4.80. The van der Waals surface area contributed by atoms with Gasteiger partial charge < -0.3 is 14.7 Å². The molecule has 0 bridgehead atoms. The monoisotopic (exact) mass is 313 g/mol. The molecule has 0 saturated heterocycles. The Labute approximate surface area is 133 Å².